The summed E-state index contributed by atoms with van der Waals surface area (Å²) in [5.41, 5.74) is 0.809. The van der Waals surface area contributed by atoms with Gasteiger partial charge in [-0.3, -0.25) is 4.79 Å². The summed E-state index contributed by atoms with van der Waals surface area (Å²) in [7, 11) is 0. The SMILES string of the molecule is O=c1cc(-c2ccccc2)oc2cc(O)c(C3CCCO3)c(O)c12. The van der Waals surface area contributed by atoms with Gasteiger partial charge in [-0.25, -0.2) is 0 Å². The van der Waals surface area contributed by atoms with Crippen LogP contribution in [0.2, 0.25) is 0 Å². The molecule has 5 heteroatoms. The monoisotopic (exact) mass is 324 g/mol. The van der Waals surface area contributed by atoms with Crippen LogP contribution in [0, 0.1) is 0 Å². The molecule has 122 valence electrons. The van der Waals surface area contributed by atoms with Crippen molar-refractivity contribution in [3.63, 3.8) is 0 Å². The molecule has 4 rings (SSSR count). The number of phenols is 2. The highest BCUT2D eigenvalue weighted by Gasteiger charge is 2.27. The Kier molecular flexibility index (Phi) is 3.50. The summed E-state index contributed by atoms with van der Waals surface area (Å²) in [6, 6.07) is 11.9. The van der Waals surface area contributed by atoms with Crippen molar-refractivity contribution in [3.05, 3.63) is 58.3 Å². The maximum absolute atomic E-state index is 12.5. The maximum Gasteiger partial charge on any atom is 0.197 e. The molecule has 2 N–H and O–H groups in total. The molecule has 1 aliphatic rings. The van der Waals surface area contributed by atoms with E-state index in [4.69, 9.17) is 9.15 Å². The predicted octanol–water partition coefficient (Wildman–Crippen LogP) is 3.72. The molecule has 1 unspecified atom stereocenters. The number of hydrogen-bond acceptors (Lipinski definition) is 5. The minimum Gasteiger partial charge on any atom is -0.507 e. The molecule has 0 spiro atoms. The highest BCUT2D eigenvalue weighted by Crippen LogP contribution is 2.43. The second kappa shape index (κ2) is 5.69. The van der Waals surface area contributed by atoms with E-state index in [1.54, 1.807) is 0 Å². The molecule has 3 aromatic rings. The van der Waals surface area contributed by atoms with Gasteiger partial charge in [-0.15, -0.1) is 0 Å². The number of fused-ring (bicyclic) bond motifs is 1. The number of phenolic OH excluding ortho intramolecular Hbond substituents is 2. The quantitative estimate of drug-likeness (QED) is 0.751. The normalized spacial score (nSPS) is 17.4. The average molecular weight is 324 g/mol. The number of benzene rings is 2. The molecule has 0 amide bonds. The van der Waals surface area contributed by atoms with E-state index < -0.39 is 6.10 Å². The van der Waals surface area contributed by atoms with Gasteiger partial charge >= 0.3 is 0 Å². The van der Waals surface area contributed by atoms with E-state index in [1.807, 2.05) is 30.3 Å². The smallest absolute Gasteiger partial charge is 0.197 e. The zero-order valence-electron chi connectivity index (χ0n) is 12.9. The Balaban J connectivity index is 1.94. The van der Waals surface area contributed by atoms with Crippen LogP contribution < -0.4 is 5.43 Å². The number of ether oxygens (including phenoxy) is 1. The Labute approximate surface area is 137 Å². The fourth-order valence-electron chi connectivity index (χ4n) is 3.17. The van der Waals surface area contributed by atoms with E-state index in [1.165, 1.54) is 12.1 Å². The van der Waals surface area contributed by atoms with Crippen LogP contribution in [0.4, 0.5) is 0 Å². The molecule has 0 saturated carbocycles. The Hall–Kier alpha value is -2.79. The van der Waals surface area contributed by atoms with E-state index >= 15 is 0 Å². The molecule has 0 radical (unpaired) electrons. The van der Waals surface area contributed by atoms with Gasteiger partial charge in [0.2, 0.25) is 0 Å². The third-order valence-corrected chi connectivity index (χ3v) is 4.32. The van der Waals surface area contributed by atoms with Gasteiger partial charge in [-0.05, 0) is 12.8 Å². The van der Waals surface area contributed by atoms with Gasteiger partial charge in [0.05, 0.1) is 11.7 Å². The highest BCUT2D eigenvalue weighted by atomic mass is 16.5. The van der Waals surface area contributed by atoms with E-state index in [0.29, 0.717) is 18.8 Å². The summed E-state index contributed by atoms with van der Waals surface area (Å²) in [6.07, 6.45) is 1.14. The van der Waals surface area contributed by atoms with Gasteiger partial charge in [0.15, 0.2) is 5.43 Å². The van der Waals surface area contributed by atoms with Gasteiger partial charge in [-0.2, -0.15) is 0 Å². The minimum atomic E-state index is -0.400. The van der Waals surface area contributed by atoms with Gasteiger partial charge < -0.3 is 19.4 Å². The van der Waals surface area contributed by atoms with Crippen LogP contribution in [0.3, 0.4) is 0 Å². The summed E-state index contributed by atoms with van der Waals surface area (Å²) in [5, 5.41) is 20.9. The lowest BCUT2D eigenvalue weighted by atomic mass is 10.0. The first-order valence-electron chi connectivity index (χ1n) is 7.85. The Morgan fingerprint density at radius 2 is 1.88 bits per heavy atom. The van der Waals surface area contributed by atoms with Crippen molar-refractivity contribution in [1.29, 1.82) is 0 Å². The molecule has 1 fully saturated rings. The van der Waals surface area contributed by atoms with Crippen molar-refractivity contribution >= 4 is 11.0 Å². The van der Waals surface area contributed by atoms with Crippen LogP contribution >= 0.6 is 0 Å². The van der Waals surface area contributed by atoms with Gasteiger partial charge in [0.1, 0.15) is 28.2 Å². The zero-order chi connectivity index (χ0) is 16.7. The van der Waals surface area contributed by atoms with Gasteiger partial charge in [0, 0.05) is 24.3 Å². The Bertz CT molecular complexity index is 953. The van der Waals surface area contributed by atoms with Crippen molar-refractivity contribution in [2.45, 2.75) is 18.9 Å². The zero-order valence-corrected chi connectivity index (χ0v) is 12.9. The van der Waals surface area contributed by atoms with Crippen LogP contribution in [0.5, 0.6) is 11.5 Å². The van der Waals surface area contributed by atoms with Crippen LogP contribution in [-0.2, 0) is 4.74 Å². The van der Waals surface area contributed by atoms with E-state index in [0.717, 1.165) is 12.0 Å². The molecule has 0 bridgehead atoms. The molecule has 2 aromatic carbocycles. The molecule has 2 heterocycles. The number of rotatable bonds is 2. The predicted molar refractivity (Wildman–Crippen MR) is 89.2 cm³/mol. The van der Waals surface area contributed by atoms with Crippen molar-refractivity contribution in [2.75, 3.05) is 6.61 Å². The van der Waals surface area contributed by atoms with E-state index in [9.17, 15) is 15.0 Å². The molecule has 1 atom stereocenters. The largest absolute Gasteiger partial charge is 0.507 e. The Morgan fingerprint density at radius 1 is 1.08 bits per heavy atom. The lowest BCUT2D eigenvalue weighted by Crippen LogP contribution is -2.04. The maximum atomic E-state index is 12.5. The molecule has 0 aliphatic carbocycles. The summed E-state index contributed by atoms with van der Waals surface area (Å²) >= 11 is 0. The molecular weight excluding hydrogens is 308 g/mol. The average Bonchev–Trinajstić information content (AvgIpc) is 3.09. The van der Waals surface area contributed by atoms with Crippen molar-refractivity contribution in [3.8, 4) is 22.8 Å². The van der Waals surface area contributed by atoms with E-state index in [-0.39, 0.29) is 33.5 Å². The molecular formula is C19H16O5. The Morgan fingerprint density at radius 3 is 2.58 bits per heavy atom. The minimum absolute atomic E-state index is 0.0676. The van der Waals surface area contributed by atoms with Crippen LogP contribution in [0.15, 0.2) is 51.7 Å². The fourth-order valence-corrected chi connectivity index (χ4v) is 3.17. The lowest BCUT2D eigenvalue weighted by molar-refractivity contribution is 0.107. The second-order valence-electron chi connectivity index (χ2n) is 5.87. The summed E-state index contributed by atoms with van der Waals surface area (Å²) < 4.78 is 11.3. The summed E-state index contributed by atoms with van der Waals surface area (Å²) in [5.74, 6) is 0.00212. The third kappa shape index (κ3) is 2.34. The first kappa shape index (κ1) is 14.8. The van der Waals surface area contributed by atoms with E-state index in [2.05, 4.69) is 0 Å². The molecule has 24 heavy (non-hydrogen) atoms. The first-order valence-corrected chi connectivity index (χ1v) is 7.85. The van der Waals surface area contributed by atoms with Crippen molar-refractivity contribution in [2.24, 2.45) is 0 Å². The molecule has 1 saturated heterocycles. The van der Waals surface area contributed by atoms with Crippen LogP contribution in [0.25, 0.3) is 22.3 Å². The fraction of sp³-hybridized carbons (Fsp3) is 0.211. The van der Waals surface area contributed by atoms with Gasteiger partial charge in [0.25, 0.3) is 0 Å². The molecule has 1 aromatic heterocycles. The lowest BCUT2D eigenvalue weighted by Gasteiger charge is -2.15. The molecule has 5 nitrogen and oxygen atoms in total. The van der Waals surface area contributed by atoms with Crippen molar-refractivity contribution in [1.82, 2.24) is 0 Å². The van der Waals surface area contributed by atoms with Crippen LogP contribution in [0.1, 0.15) is 24.5 Å². The van der Waals surface area contributed by atoms with Crippen molar-refractivity contribution < 1.29 is 19.4 Å². The third-order valence-electron chi connectivity index (χ3n) is 4.32. The number of hydrogen-bond donors (Lipinski definition) is 2. The summed E-state index contributed by atoms with van der Waals surface area (Å²) in [6.45, 7) is 0.573. The van der Waals surface area contributed by atoms with Crippen LogP contribution in [-0.4, -0.2) is 16.8 Å². The first-order chi connectivity index (χ1) is 11.6. The highest BCUT2D eigenvalue weighted by molar-refractivity contribution is 5.88. The standard InChI is InChI=1S/C19H16O5/c20-12-9-15(11-5-2-1-3-6-11)24-16-10-13(21)17(19(22)18(12)16)14-7-4-8-23-14/h1-3,5-6,9-10,14,21-22H,4,7-8H2. The van der Waals surface area contributed by atoms with Gasteiger partial charge in [-0.1, -0.05) is 30.3 Å². The topological polar surface area (TPSA) is 79.9 Å². The number of aromatic hydroxyl groups is 2. The summed E-state index contributed by atoms with van der Waals surface area (Å²) in [4.78, 5) is 12.5. The molecule has 1 aliphatic heterocycles. The second-order valence-corrected chi connectivity index (χ2v) is 5.87.